The second-order valence-corrected chi connectivity index (χ2v) is 5.27. The second kappa shape index (κ2) is 5.51. The summed E-state index contributed by atoms with van der Waals surface area (Å²) in [7, 11) is 0. The highest BCUT2D eigenvalue weighted by Crippen LogP contribution is 2.21. The van der Waals surface area contributed by atoms with Crippen LogP contribution in [0.25, 0.3) is 0 Å². The minimum Gasteiger partial charge on any atom is -0.370 e. The molecule has 0 bridgehead atoms. The fourth-order valence-corrected chi connectivity index (χ4v) is 2.08. The van der Waals surface area contributed by atoms with Crippen LogP contribution < -0.4 is 10.6 Å². The van der Waals surface area contributed by atoms with Crippen molar-refractivity contribution in [3.05, 3.63) is 23.9 Å². The third kappa shape index (κ3) is 2.86. The van der Waals surface area contributed by atoms with Crippen LogP contribution in [0.2, 0.25) is 0 Å². The van der Waals surface area contributed by atoms with Gasteiger partial charge in [-0.3, -0.25) is 19.7 Å². The molecule has 1 aliphatic rings. The summed E-state index contributed by atoms with van der Waals surface area (Å²) < 4.78 is 0. The van der Waals surface area contributed by atoms with Gasteiger partial charge in [0.1, 0.15) is 23.6 Å². The van der Waals surface area contributed by atoms with E-state index in [0.29, 0.717) is 12.4 Å². The average Bonchev–Trinajstić information content (AvgIpc) is 2.43. The summed E-state index contributed by atoms with van der Waals surface area (Å²) in [6.07, 6.45) is 0. The van der Waals surface area contributed by atoms with E-state index < -0.39 is 23.3 Å². The number of imide groups is 1. The van der Waals surface area contributed by atoms with E-state index >= 15 is 0 Å². The number of anilines is 1. The number of nitrogens with one attached hydrogen (secondary N) is 2. The topological polar surface area (TPSA) is 91.4 Å². The van der Waals surface area contributed by atoms with Crippen molar-refractivity contribution in [1.82, 2.24) is 15.2 Å². The number of carbonyl (C=O) groups excluding carboxylic acids is 3. The second-order valence-electron chi connectivity index (χ2n) is 5.27. The Morgan fingerprint density at radius 1 is 1.43 bits per heavy atom. The van der Waals surface area contributed by atoms with Crippen LogP contribution in [0.3, 0.4) is 0 Å². The molecule has 21 heavy (non-hydrogen) atoms. The van der Waals surface area contributed by atoms with Gasteiger partial charge in [-0.25, -0.2) is 4.98 Å². The first-order valence-corrected chi connectivity index (χ1v) is 6.73. The van der Waals surface area contributed by atoms with E-state index in [1.54, 1.807) is 32.0 Å². The van der Waals surface area contributed by atoms with E-state index in [-0.39, 0.29) is 12.2 Å². The number of carbonyl (C=O) groups is 3. The van der Waals surface area contributed by atoms with E-state index in [0.717, 1.165) is 0 Å². The Kier molecular flexibility index (Phi) is 3.93. The summed E-state index contributed by atoms with van der Waals surface area (Å²) in [5, 5.41) is 5.25. The molecule has 2 heterocycles. The molecule has 0 saturated carbocycles. The van der Waals surface area contributed by atoms with Crippen molar-refractivity contribution in [3.8, 4) is 0 Å². The predicted molar refractivity (Wildman–Crippen MR) is 76.7 cm³/mol. The molecule has 0 radical (unpaired) electrons. The highest BCUT2D eigenvalue weighted by atomic mass is 16.2. The van der Waals surface area contributed by atoms with Gasteiger partial charge in [0.05, 0.1) is 0 Å². The van der Waals surface area contributed by atoms with Gasteiger partial charge in [-0.05, 0) is 32.9 Å². The quantitative estimate of drug-likeness (QED) is 0.786. The summed E-state index contributed by atoms with van der Waals surface area (Å²) in [6, 6.07) is 5.02. The van der Waals surface area contributed by atoms with Gasteiger partial charge < -0.3 is 10.2 Å². The lowest BCUT2D eigenvalue weighted by Gasteiger charge is -2.39. The average molecular weight is 290 g/mol. The maximum Gasteiger partial charge on any atom is 0.273 e. The van der Waals surface area contributed by atoms with Crippen LogP contribution in [-0.2, 0) is 9.59 Å². The highest BCUT2D eigenvalue weighted by Gasteiger charge is 2.44. The van der Waals surface area contributed by atoms with E-state index in [9.17, 15) is 14.4 Å². The molecule has 1 fully saturated rings. The van der Waals surface area contributed by atoms with Crippen molar-refractivity contribution in [1.29, 1.82) is 0 Å². The molecule has 1 aliphatic heterocycles. The van der Waals surface area contributed by atoms with Gasteiger partial charge in [-0.1, -0.05) is 6.07 Å². The zero-order chi connectivity index (χ0) is 15.6. The predicted octanol–water partition coefficient (Wildman–Crippen LogP) is 0.391. The van der Waals surface area contributed by atoms with E-state index in [1.165, 1.54) is 4.90 Å². The Labute approximate surface area is 122 Å². The molecule has 7 heteroatoms. The van der Waals surface area contributed by atoms with Crippen molar-refractivity contribution < 1.29 is 14.4 Å². The molecule has 0 unspecified atom stereocenters. The molecule has 0 atom stereocenters. The van der Waals surface area contributed by atoms with Gasteiger partial charge in [-0.2, -0.15) is 0 Å². The summed E-state index contributed by atoms with van der Waals surface area (Å²) in [5.41, 5.74) is -0.898. The van der Waals surface area contributed by atoms with E-state index in [1.807, 2.05) is 6.92 Å². The molecule has 0 spiro atoms. The molecule has 0 aliphatic carbocycles. The summed E-state index contributed by atoms with van der Waals surface area (Å²) >= 11 is 0. The Morgan fingerprint density at radius 3 is 2.81 bits per heavy atom. The van der Waals surface area contributed by atoms with E-state index in [4.69, 9.17) is 0 Å². The van der Waals surface area contributed by atoms with Gasteiger partial charge in [-0.15, -0.1) is 0 Å². The Balaban J connectivity index is 2.31. The fourth-order valence-electron chi connectivity index (χ4n) is 2.08. The lowest BCUT2D eigenvalue weighted by atomic mass is 9.98. The van der Waals surface area contributed by atoms with Crippen LogP contribution >= 0.6 is 0 Å². The standard InChI is InChI=1S/C14H18N4O3/c1-4-15-10-7-5-6-9(16-10)12(20)18-8-11(19)17-13(21)14(18,2)3/h5-7H,4,8H2,1-3H3,(H,15,16)(H,17,19,21). The molecule has 1 aromatic rings. The van der Waals surface area contributed by atoms with Gasteiger partial charge in [0.15, 0.2) is 0 Å². The first-order chi connectivity index (χ1) is 9.86. The van der Waals surface area contributed by atoms with Gasteiger partial charge >= 0.3 is 0 Å². The van der Waals surface area contributed by atoms with E-state index in [2.05, 4.69) is 15.6 Å². The molecular weight excluding hydrogens is 272 g/mol. The maximum atomic E-state index is 12.6. The number of hydrogen-bond donors (Lipinski definition) is 2. The summed E-state index contributed by atoms with van der Waals surface area (Å²) in [5.74, 6) is -0.845. The largest absolute Gasteiger partial charge is 0.370 e. The minimum atomic E-state index is -1.10. The lowest BCUT2D eigenvalue weighted by Crippen LogP contribution is -2.65. The van der Waals surface area contributed by atoms with Crippen LogP contribution in [-0.4, -0.2) is 46.2 Å². The van der Waals surface area contributed by atoms with Gasteiger partial charge in [0, 0.05) is 6.54 Å². The van der Waals surface area contributed by atoms with Crippen LogP contribution in [0.15, 0.2) is 18.2 Å². The SMILES string of the molecule is CCNc1cccc(C(=O)N2CC(=O)NC(=O)C2(C)C)n1. The molecule has 1 aromatic heterocycles. The third-order valence-electron chi connectivity index (χ3n) is 3.36. The smallest absolute Gasteiger partial charge is 0.273 e. The number of hydrogen-bond acceptors (Lipinski definition) is 5. The molecule has 112 valence electrons. The number of amides is 3. The summed E-state index contributed by atoms with van der Waals surface area (Å²) in [4.78, 5) is 41.4. The number of pyridine rings is 1. The Bertz CT molecular complexity index is 598. The number of aromatic nitrogens is 1. The number of nitrogens with zero attached hydrogens (tertiary/aromatic N) is 2. The Morgan fingerprint density at radius 2 is 2.14 bits per heavy atom. The zero-order valence-corrected chi connectivity index (χ0v) is 12.3. The first-order valence-electron chi connectivity index (χ1n) is 6.73. The van der Waals surface area contributed by atoms with Crippen LogP contribution in [0.1, 0.15) is 31.3 Å². The number of rotatable bonds is 3. The van der Waals surface area contributed by atoms with Crippen molar-refractivity contribution in [3.63, 3.8) is 0 Å². The van der Waals surface area contributed by atoms with Crippen LogP contribution in [0.5, 0.6) is 0 Å². The normalized spacial score (nSPS) is 17.4. The molecule has 7 nitrogen and oxygen atoms in total. The van der Waals surface area contributed by atoms with Crippen LogP contribution in [0, 0.1) is 0 Å². The zero-order valence-electron chi connectivity index (χ0n) is 12.3. The molecule has 2 N–H and O–H groups in total. The van der Waals surface area contributed by atoms with Crippen molar-refractivity contribution in [2.75, 3.05) is 18.4 Å². The lowest BCUT2D eigenvalue weighted by molar-refractivity contribution is -0.143. The van der Waals surface area contributed by atoms with Crippen molar-refractivity contribution >= 4 is 23.5 Å². The molecule has 0 aromatic carbocycles. The monoisotopic (exact) mass is 290 g/mol. The molecule has 3 amide bonds. The first kappa shape index (κ1) is 15.0. The molecule has 1 saturated heterocycles. The third-order valence-corrected chi connectivity index (χ3v) is 3.36. The van der Waals surface area contributed by atoms with Gasteiger partial charge in [0.2, 0.25) is 5.91 Å². The van der Waals surface area contributed by atoms with Crippen molar-refractivity contribution in [2.24, 2.45) is 0 Å². The van der Waals surface area contributed by atoms with Crippen LogP contribution in [0.4, 0.5) is 5.82 Å². The maximum absolute atomic E-state index is 12.6. The van der Waals surface area contributed by atoms with Crippen molar-refractivity contribution in [2.45, 2.75) is 26.3 Å². The summed E-state index contributed by atoms with van der Waals surface area (Å²) in [6.45, 7) is 5.64. The highest BCUT2D eigenvalue weighted by molar-refractivity contribution is 6.08. The molecular formula is C14H18N4O3. The molecule has 2 rings (SSSR count). The minimum absolute atomic E-state index is 0.162. The fraction of sp³-hybridized carbons (Fsp3) is 0.429. The Hall–Kier alpha value is -2.44. The number of piperazine rings is 1. The van der Waals surface area contributed by atoms with Gasteiger partial charge in [0.25, 0.3) is 11.8 Å².